The summed E-state index contributed by atoms with van der Waals surface area (Å²) in [6, 6.07) is 0. The van der Waals surface area contributed by atoms with Gasteiger partial charge in [0.05, 0.1) is 0 Å². The molecule has 0 bridgehead atoms. The van der Waals surface area contributed by atoms with Gasteiger partial charge in [-0.25, -0.2) is 0 Å². The fourth-order valence-electron chi connectivity index (χ4n) is 0. The Morgan fingerprint density at radius 3 is 0.727 bits per heavy atom. The normalized spacial score (nSPS) is 2.18. The molecule has 0 heterocycles. The Bertz CT molecular complexity index is 35.6. The minimum absolute atomic E-state index is 0. The second kappa shape index (κ2) is 462. The van der Waals surface area contributed by atoms with E-state index in [9.17, 15) is 0 Å². The molecule has 0 aliphatic heterocycles. The van der Waals surface area contributed by atoms with E-state index in [0.717, 1.165) is 0 Å². The smallest absolute Gasteiger partial charge is 0.152 e. The van der Waals surface area contributed by atoms with Gasteiger partial charge in [0.15, 0.2) is 10.7 Å². The maximum absolute atomic E-state index is 8.11. The molecule has 0 aliphatic rings. The number of rotatable bonds is 0. The zero-order valence-corrected chi connectivity index (χ0v) is 6.81. The van der Waals surface area contributed by atoms with Crippen LogP contribution in [-0.2, 0) is 16.8 Å². The largest absolute Gasteiger partial charge is 0.379 e. The van der Waals surface area contributed by atoms with Gasteiger partial charge in [0.25, 0.3) is 0 Å². The third kappa shape index (κ3) is 641. The summed E-state index contributed by atoms with van der Waals surface area (Å²) in [6.45, 7) is 0. The van der Waals surface area contributed by atoms with Crippen LogP contribution in [0.1, 0.15) is 0 Å². The van der Waals surface area contributed by atoms with Gasteiger partial charge in [0.2, 0.25) is 0 Å². The van der Waals surface area contributed by atoms with Gasteiger partial charge in [-0.2, -0.15) is 0 Å². The summed E-state index contributed by atoms with van der Waals surface area (Å²) < 4.78 is 0. The van der Waals surface area contributed by atoms with Crippen molar-refractivity contribution in [2.75, 3.05) is 0 Å². The molecule has 0 unspecified atom stereocenters. The third-order valence-electron chi connectivity index (χ3n) is 0. The Morgan fingerprint density at radius 1 is 0.727 bits per heavy atom. The van der Waals surface area contributed by atoms with Crippen LogP contribution < -0.4 is 24.6 Å². The van der Waals surface area contributed by atoms with E-state index in [1.165, 1.54) is 10.7 Å². The summed E-state index contributed by atoms with van der Waals surface area (Å²) in [4.78, 5) is 16.2. The molecule has 11 heavy (non-hydrogen) atoms. The van der Waals surface area contributed by atoms with Crippen molar-refractivity contribution in [1.82, 2.24) is 24.6 Å². The molecule has 0 rings (SSSR count). The van der Waals surface area contributed by atoms with Crippen molar-refractivity contribution in [3.63, 3.8) is 0 Å². The van der Waals surface area contributed by atoms with Crippen LogP contribution >= 0.6 is 0 Å². The molecule has 0 atom stereocenters. The summed E-state index contributed by atoms with van der Waals surface area (Å²) in [5.41, 5.74) is 0. The number of hydrogen-bond acceptors (Lipinski definition) is 8. The maximum atomic E-state index is 8.11. The molecule has 0 fully saturated rings. The molecule has 0 aromatic carbocycles. The average Bonchev–Trinajstić information content (AvgIpc) is 1.39. The van der Waals surface area contributed by atoms with Crippen LogP contribution in [0.25, 0.3) is 0 Å². The zero-order chi connectivity index (χ0) is 5.41. The van der Waals surface area contributed by atoms with Crippen molar-refractivity contribution in [1.29, 1.82) is 0 Å². The van der Waals surface area contributed by atoms with E-state index >= 15 is 0 Å². The Morgan fingerprint density at radius 2 is 0.727 bits per heavy atom. The molecule has 0 aromatic rings. The number of nitrogens with zero attached hydrogens (tertiary/aromatic N) is 2. The maximum Gasteiger partial charge on any atom is 0.152 e. The van der Waals surface area contributed by atoms with E-state index in [1.807, 2.05) is 0 Å². The van der Waals surface area contributed by atoms with Gasteiger partial charge in [0, 0.05) is 16.8 Å². The van der Waals surface area contributed by atoms with Crippen LogP contribution in [0.3, 0.4) is 0 Å². The first-order chi connectivity index (χ1) is 2.83. The Balaban J connectivity index is -0.00000000400. The van der Waals surface area contributed by atoms with Crippen LogP contribution in [0, 0.1) is 9.81 Å². The molecule has 0 spiro atoms. The van der Waals surface area contributed by atoms with Crippen LogP contribution in [0.5, 0.6) is 0 Å². The summed E-state index contributed by atoms with van der Waals surface area (Å²) in [6.07, 6.45) is 0. The Labute approximate surface area is 73.1 Å². The molecule has 0 aliphatic carbocycles. The first-order valence-corrected chi connectivity index (χ1v) is 0.765. The van der Waals surface area contributed by atoms with Crippen molar-refractivity contribution in [3.05, 3.63) is 9.81 Å². The van der Waals surface area contributed by atoms with Gasteiger partial charge in [-0.05, 0) is 0 Å². The molecule has 14 N–H and O–H groups in total. The minimum atomic E-state index is 0. The van der Waals surface area contributed by atoms with Gasteiger partial charge in [-0.1, -0.05) is 0 Å². The van der Waals surface area contributed by atoms with Gasteiger partial charge in [0.1, 0.15) is 0 Å². The van der Waals surface area contributed by atoms with Crippen molar-refractivity contribution < 1.29 is 27.2 Å². The monoisotopic (exact) mass is 221 g/mol. The first-order valence-electron chi connectivity index (χ1n) is 0.765. The van der Waals surface area contributed by atoms with E-state index in [2.05, 4.69) is 0 Å². The standard InChI is InChI=1S/Co.2HNO2.4H3N/c;2*2-1-3;;;;/h;2*(H,2,3);4*1H3. The summed E-state index contributed by atoms with van der Waals surface area (Å²) in [5.74, 6) is 0. The van der Waals surface area contributed by atoms with Crippen molar-refractivity contribution in [2.24, 2.45) is 10.7 Å². The molecule has 0 amide bonds. The van der Waals surface area contributed by atoms with Gasteiger partial charge >= 0.3 is 0 Å². The van der Waals surface area contributed by atoms with Gasteiger partial charge in [-0.3, -0.25) is 0 Å². The molecule has 0 saturated heterocycles. The quantitative estimate of drug-likeness (QED) is 0.253. The topological polar surface area (TPSA) is 239 Å². The van der Waals surface area contributed by atoms with E-state index in [1.54, 1.807) is 0 Å². The van der Waals surface area contributed by atoms with E-state index in [-0.39, 0.29) is 41.4 Å². The van der Waals surface area contributed by atoms with Crippen molar-refractivity contribution in [2.45, 2.75) is 0 Å². The van der Waals surface area contributed by atoms with Crippen molar-refractivity contribution in [3.8, 4) is 0 Å². The van der Waals surface area contributed by atoms with Crippen LogP contribution in [0.4, 0.5) is 0 Å². The SMILES string of the molecule is N.N.N.N.O=NO.O=NO.[Co]. The molecular formula is H14CoN6O4. The van der Waals surface area contributed by atoms with Crippen LogP contribution in [-0.4, -0.2) is 10.4 Å². The molecule has 11 heteroatoms. The van der Waals surface area contributed by atoms with Crippen molar-refractivity contribution >= 4 is 0 Å². The molecule has 10 nitrogen and oxygen atoms in total. The first kappa shape index (κ1) is 85.7. The Kier molecular flexibility index (Phi) is 3600. The minimum Gasteiger partial charge on any atom is -0.379 e. The summed E-state index contributed by atoms with van der Waals surface area (Å²) >= 11 is 0. The molecule has 0 saturated carbocycles. The van der Waals surface area contributed by atoms with E-state index in [0.29, 0.717) is 0 Å². The Hall–Kier alpha value is -0.854. The van der Waals surface area contributed by atoms with E-state index < -0.39 is 0 Å². The second-order valence-corrected chi connectivity index (χ2v) is 0.163. The summed E-state index contributed by atoms with van der Waals surface area (Å²) in [5, 5.41) is 15.8. The summed E-state index contributed by atoms with van der Waals surface area (Å²) in [7, 11) is 0. The fraction of sp³-hybridized carbons (Fsp3) is 0. The number of hydrogen-bond donors (Lipinski definition) is 6. The predicted octanol–water partition coefficient (Wildman–Crippen LogP) is 0.929. The van der Waals surface area contributed by atoms with Gasteiger partial charge in [-0.15, -0.1) is 9.81 Å². The molecule has 1 radical (unpaired) electrons. The molecule has 0 aromatic heterocycles. The third-order valence-corrected chi connectivity index (χ3v) is 0. The second-order valence-electron chi connectivity index (χ2n) is 0.163. The molecule has 77 valence electrons. The van der Waals surface area contributed by atoms with Crippen LogP contribution in [0.15, 0.2) is 10.7 Å². The molecular weight excluding hydrogens is 207 g/mol. The average molecular weight is 221 g/mol. The zero-order valence-electron chi connectivity index (χ0n) is 5.77. The predicted molar refractivity (Wildman–Crippen MR) is 35.3 cm³/mol. The van der Waals surface area contributed by atoms with Crippen LogP contribution in [0.2, 0.25) is 0 Å². The van der Waals surface area contributed by atoms with E-state index in [4.69, 9.17) is 20.2 Å². The van der Waals surface area contributed by atoms with Gasteiger partial charge < -0.3 is 35.0 Å². The fourth-order valence-corrected chi connectivity index (χ4v) is 0.